The second-order valence-electron chi connectivity index (χ2n) is 6.96. The Hall–Kier alpha value is -3.35. The lowest BCUT2D eigenvalue weighted by Gasteiger charge is -2.35. The molecule has 3 heterocycles. The van der Waals surface area contributed by atoms with Crippen molar-refractivity contribution in [2.24, 2.45) is 0 Å². The summed E-state index contributed by atoms with van der Waals surface area (Å²) in [6.07, 6.45) is 4.25. The van der Waals surface area contributed by atoms with Gasteiger partial charge in [0.2, 0.25) is 5.95 Å². The van der Waals surface area contributed by atoms with Crippen molar-refractivity contribution in [2.75, 3.05) is 11.9 Å². The highest BCUT2D eigenvalue weighted by molar-refractivity contribution is 6.00. The van der Waals surface area contributed by atoms with Crippen molar-refractivity contribution in [2.45, 2.75) is 31.7 Å². The Morgan fingerprint density at radius 1 is 1.25 bits per heavy atom. The fourth-order valence-electron chi connectivity index (χ4n) is 4.16. The first kappa shape index (κ1) is 16.8. The average Bonchev–Trinajstić information content (AvgIpc) is 3.39. The summed E-state index contributed by atoms with van der Waals surface area (Å²) in [6.45, 7) is 2.50. The molecule has 0 saturated heterocycles. The van der Waals surface area contributed by atoms with Crippen LogP contribution in [0.5, 0.6) is 5.75 Å². The fourth-order valence-corrected chi connectivity index (χ4v) is 4.16. The summed E-state index contributed by atoms with van der Waals surface area (Å²) >= 11 is 0. The zero-order valence-electron chi connectivity index (χ0n) is 15.5. The van der Waals surface area contributed by atoms with Crippen LogP contribution in [0.4, 0.5) is 5.95 Å². The first-order valence-electron chi connectivity index (χ1n) is 9.44. The third-order valence-electron chi connectivity index (χ3n) is 5.32. The standard InChI is InChI=1S/C21H20N4O3/c1-2-27-18-7-4-3-6-14(18)20-19-15(24-21-22-12-23-25(20)21)10-13(11-16(19)26)17-8-5-9-28-17/h3-9,12-13,20H,2,10-11H2,1H3,(H,22,23,24)/t13-,20-/m1/s1. The quantitative estimate of drug-likeness (QED) is 0.748. The van der Waals surface area contributed by atoms with E-state index >= 15 is 0 Å². The molecule has 1 aromatic carbocycles. The van der Waals surface area contributed by atoms with Gasteiger partial charge in [-0.05, 0) is 31.5 Å². The van der Waals surface area contributed by atoms with Gasteiger partial charge in [-0.2, -0.15) is 10.1 Å². The minimum Gasteiger partial charge on any atom is -0.494 e. The number of ether oxygens (including phenoxy) is 1. The van der Waals surface area contributed by atoms with Crippen molar-refractivity contribution in [1.82, 2.24) is 14.8 Å². The Balaban J connectivity index is 1.63. The Kier molecular flexibility index (Phi) is 4.00. The molecule has 28 heavy (non-hydrogen) atoms. The zero-order valence-corrected chi connectivity index (χ0v) is 15.5. The normalized spacial score (nSPS) is 21.1. The third-order valence-corrected chi connectivity index (χ3v) is 5.32. The van der Waals surface area contributed by atoms with Gasteiger partial charge in [-0.15, -0.1) is 0 Å². The number of carbonyl (C=O) groups excluding carboxylic acids is 1. The number of hydrogen-bond acceptors (Lipinski definition) is 6. The molecule has 0 saturated carbocycles. The van der Waals surface area contributed by atoms with Gasteiger partial charge in [-0.3, -0.25) is 4.79 Å². The first-order valence-corrected chi connectivity index (χ1v) is 9.44. The average molecular weight is 376 g/mol. The number of nitrogens with zero attached hydrogens (tertiary/aromatic N) is 3. The van der Waals surface area contributed by atoms with Crippen LogP contribution in [0, 0.1) is 0 Å². The number of aromatic nitrogens is 3. The van der Waals surface area contributed by atoms with Crippen LogP contribution in [-0.2, 0) is 4.79 Å². The predicted molar refractivity (Wildman–Crippen MR) is 102 cm³/mol. The molecule has 3 aromatic rings. The van der Waals surface area contributed by atoms with Crippen LogP contribution in [0.3, 0.4) is 0 Å². The van der Waals surface area contributed by atoms with Crippen LogP contribution in [0.2, 0.25) is 0 Å². The third kappa shape index (κ3) is 2.62. The first-order chi connectivity index (χ1) is 13.8. The molecule has 0 fully saturated rings. The minimum absolute atomic E-state index is 0.0195. The summed E-state index contributed by atoms with van der Waals surface area (Å²) in [5.74, 6) is 2.33. The second kappa shape index (κ2) is 6.67. The monoisotopic (exact) mass is 376 g/mol. The van der Waals surface area contributed by atoms with E-state index in [-0.39, 0.29) is 17.7 Å². The number of ketones is 1. The molecule has 0 bridgehead atoms. The molecule has 7 heteroatoms. The predicted octanol–water partition coefficient (Wildman–Crippen LogP) is 3.69. The van der Waals surface area contributed by atoms with Crippen molar-refractivity contribution in [3.8, 4) is 5.75 Å². The lowest BCUT2D eigenvalue weighted by atomic mass is 9.79. The van der Waals surface area contributed by atoms with Crippen LogP contribution in [0.15, 0.2) is 64.7 Å². The number of benzene rings is 1. The molecule has 0 radical (unpaired) electrons. The van der Waals surface area contributed by atoms with Crippen LogP contribution in [0.1, 0.15) is 43.0 Å². The van der Waals surface area contributed by atoms with E-state index in [2.05, 4.69) is 15.4 Å². The van der Waals surface area contributed by atoms with Gasteiger partial charge in [0, 0.05) is 29.2 Å². The smallest absolute Gasteiger partial charge is 0.226 e. The van der Waals surface area contributed by atoms with Crippen molar-refractivity contribution in [3.63, 3.8) is 0 Å². The number of carbonyl (C=O) groups is 1. The van der Waals surface area contributed by atoms with Gasteiger partial charge < -0.3 is 14.5 Å². The van der Waals surface area contributed by atoms with Crippen molar-refractivity contribution >= 4 is 11.7 Å². The fraction of sp³-hybridized carbons (Fsp3) is 0.286. The Labute approximate surface area is 162 Å². The molecule has 0 spiro atoms. The Morgan fingerprint density at radius 3 is 2.96 bits per heavy atom. The molecule has 1 aliphatic heterocycles. The number of nitrogens with one attached hydrogen (secondary N) is 1. The van der Waals surface area contributed by atoms with E-state index in [9.17, 15) is 4.79 Å². The van der Waals surface area contributed by atoms with Crippen LogP contribution < -0.4 is 10.1 Å². The van der Waals surface area contributed by atoms with Crippen molar-refractivity contribution in [1.29, 1.82) is 0 Å². The van der Waals surface area contributed by atoms with Gasteiger partial charge in [0.25, 0.3) is 0 Å². The van der Waals surface area contributed by atoms with Gasteiger partial charge in [-0.1, -0.05) is 18.2 Å². The molecular weight excluding hydrogens is 356 g/mol. The molecule has 5 rings (SSSR count). The topological polar surface area (TPSA) is 82.2 Å². The molecule has 142 valence electrons. The van der Waals surface area contributed by atoms with Crippen molar-refractivity contribution < 1.29 is 13.9 Å². The SMILES string of the molecule is CCOc1ccccc1[C@@H]1C2=C(C[C@@H](c3ccco3)CC2=O)Nc2ncnn21. The highest BCUT2D eigenvalue weighted by Gasteiger charge is 2.40. The number of furan rings is 1. The van der Waals surface area contributed by atoms with E-state index in [1.807, 2.05) is 43.3 Å². The zero-order chi connectivity index (χ0) is 19.1. The molecule has 2 aliphatic rings. The minimum atomic E-state index is -0.360. The number of fused-ring (bicyclic) bond motifs is 1. The molecular formula is C21H20N4O3. The number of allylic oxidation sites excluding steroid dienone is 2. The summed E-state index contributed by atoms with van der Waals surface area (Å²) < 4.78 is 13.2. The molecule has 0 amide bonds. The number of para-hydroxylation sites is 1. The number of rotatable bonds is 4. The Bertz CT molecular complexity index is 1050. The van der Waals surface area contributed by atoms with Gasteiger partial charge >= 0.3 is 0 Å². The maximum Gasteiger partial charge on any atom is 0.226 e. The number of Topliss-reactive ketones (excluding diaryl/α,β-unsaturated/α-hetero) is 1. The molecule has 0 unspecified atom stereocenters. The highest BCUT2D eigenvalue weighted by Crippen LogP contribution is 2.45. The maximum absolute atomic E-state index is 13.3. The molecule has 2 aromatic heterocycles. The lowest BCUT2D eigenvalue weighted by molar-refractivity contribution is -0.117. The maximum atomic E-state index is 13.3. The van der Waals surface area contributed by atoms with Gasteiger partial charge in [0.15, 0.2) is 5.78 Å². The molecule has 1 aliphatic carbocycles. The van der Waals surface area contributed by atoms with E-state index in [0.29, 0.717) is 25.4 Å². The van der Waals surface area contributed by atoms with Crippen LogP contribution in [0.25, 0.3) is 0 Å². The van der Waals surface area contributed by atoms with Gasteiger partial charge in [0.1, 0.15) is 23.9 Å². The van der Waals surface area contributed by atoms with Crippen molar-refractivity contribution in [3.05, 3.63) is 71.6 Å². The van der Waals surface area contributed by atoms with E-state index in [0.717, 1.165) is 28.3 Å². The molecule has 1 N–H and O–H groups in total. The summed E-state index contributed by atoms with van der Waals surface area (Å²) in [5, 5.41) is 7.71. The summed E-state index contributed by atoms with van der Waals surface area (Å²) in [5.41, 5.74) is 2.53. The van der Waals surface area contributed by atoms with Gasteiger partial charge in [-0.25, -0.2) is 4.68 Å². The summed E-state index contributed by atoms with van der Waals surface area (Å²) in [4.78, 5) is 17.6. The van der Waals surface area contributed by atoms with E-state index in [4.69, 9.17) is 9.15 Å². The largest absolute Gasteiger partial charge is 0.494 e. The van der Waals surface area contributed by atoms with E-state index in [1.165, 1.54) is 6.33 Å². The second-order valence-corrected chi connectivity index (χ2v) is 6.96. The lowest BCUT2D eigenvalue weighted by Crippen LogP contribution is -2.33. The number of hydrogen-bond donors (Lipinski definition) is 1. The molecule has 7 nitrogen and oxygen atoms in total. The van der Waals surface area contributed by atoms with Crippen LogP contribution >= 0.6 is 0 Å². The Morgan fingerprint density at radius 2 is 2.14 bits per heavy atom. The molecule has 2 atom stereocenters. The summed E-state index contributed by atoms with van der Waals surface area (Å²) in [6, 6.07) is 11.2. The number of anilines is 1. The summed E-state index contributed by atoms with van der Waals surface area (Å²) in [7, 11) is 0. The highest BCUT2D eigenvalue weighted by atomic mass is 16.5. The van der Waals surface area contributed by atoms with E-state index < -0.39 is 0 Å². The van der Waals surface area contributed by atoms with Crippen LogP contribution in [-0.4, -0.2) is 27.2 Å². The van der Waals surface area contributed by atoms with E-state index in [1.54, 1.807) is 10.9 Å². The van der Waals surface area contributed by atoms with Gasteiger partial charge in [0.05, 0.1) is 12.9 Å².